The van der Waals surface area contributed by atoms with E-state index in [-0.39, 0.29) is 0 Å². The van der Waals surface area contributed by atoms with Crippen molar-refractivity contribution in [3.05, 3.63) is 40.9 Å². The summed E-state index contributed by atoms with van der Waals surface area (Å²) in [6.07, 6.45) is 2.62. The van der Waals surface area contributed by atoms with Gasteiger partial charge in [-0.2, -0.15) is 0 Å². The molecule has 0 radical (unpaired) electrons. The summed E-state index contributed by atoms with van der Waals surface area (Å²) >= 11 is 1.85. The van der Waals surface area contributed by atoms with E-state index in [1.807, 2.05) is 11.3 Å². The third kappa shape index (κ3) is 3.04. The Morgan fingerprint density at radius 3 is 2.63 bits per heavy atom. The summed E-state index contributed by atoms with van der Waals surface area (Å²) in [7, 11) is 0. The molecule has 0 unspecified atom stereocenters. The Kier molecular flexibility index (Phi) is 3.67. The first-order valence-electron chi connectivity index (χ1n) is 7.02. The van der Waals surface area contributed by atoms with Crippen LogP contribution < -0.4 is 5.32 Å². The molecule has 0 amide bonds. The SMILES string of the molecule is CC(C)NCc1sc(-c2ccccc2)nc1C1CC1. The molecule has 3 rings (SSSR count). The van der Waals surface area contributed by atoms with Gasteiger partial charge in [-0.15, -0.1) is 11.3 Å². The predicted molar refractivity (Wildman–Crippen MR) is 81.5 cm³/mol. The molecule has 19 heavy (non-hydrogen) atoms. The van der Waals surface area contributed by atoms with Crippen molar-refractivity contribution in [2.45, 2.75) is 45.2 Å². The minimum Gasteiger partial charge on any atom is -0.310 e. The highest BCUT2D eigenvalue weighted by Crippen LogP contribution is 2.44. The van der Waals surface area contributed by atoms with Crippen LogP contribution in [0.1, 0.15) is 43.2 Å². The molecule has 3 heteroatoms. The molecule has 0 aliphatic heterocycles. The Balaban J connectivity index is 1.88. The predicted octanol–water partition coefficient (Wildman–Crippen LogP) is 4.19. The highest BCUT2D eigenvalue weighted by atomic mass is 32.1. The number of hydrogen-bond acceptors (Lipinski definition) is 3. The maximum atomic E-state index is 4.90. The van der Waals surface area contributed by atoms with E-state index in [0.717, 1.165) is 12.5 Å². The number of aromatic nitrogens is 1. The van der Waals surface area contributed by atoms with E-state index >= 15 is 0 Å². The normalized spacial score (nSPS) is 15.1. The van der Waals surface area contributed by atoms with Crippen LogP contribution in [0.5, 0.6) is 0 Å². The summed E-state index contributed by atoms with van der Waals surface area (Å²) in [4.78, 5) is 6.32. The Morgan fingerprint density at radius 1 is 1.26 bits per heavy atom. The van der Waals surface area contributed by atoms with Crippen LogP contribution in [0.25, 0.3) is 10.6 Å². The van der Waals surface area contributed by atoms with Gasteiger partial charge >= 0.3 is 0 Å². The van der Waals surface area contributed by atoms with E-state index in [9.17, 15) is 0 Å². The summed E-state index contributed by atoms with van der Waals surface area (Å²) in [5, 5.41) is 4.69. The lowest BCUT2D eigenvalue weighted by Crippen LogP contribution is -2.21. The maximum absolute atomic E-state index is 4.90. The lowest BCUT2D eigenvalue weighted by molar-refractivity contribution is 0.590. The molecule has 0 bridgehead atoms. The average Bonchev–Trinajstić information content (AvgIpc) is 3.17. The summed E-state index contributed by atoms with van der Waals surface area (Å²) < 4.78 is 0. The van der Waals surface area contributed by atoms with Crippen LogP contribution in [0.15, 0.2) is 30.3 Å². The molecule has 0 atom stereocenters. The summed E-state index contributed by atoms with van der Waals surface area (Å²) in [5.74, 6) is 0.720. The number of rotatable bonds is 5. The van der Waals surface area contributed by atoms with Crippen molar-refractivity contribution in [3.8, 4) is 10.6 Å². The second kappa shape index (κ2) is 5.43. The van der Waals surface area contributed by atoms with Crippen LogP contribution in [-0.2, 0) is 6.54 Å². The minimum atomic E-state index is 0.523. The number of nitrogens with one attached hydrogen (secondary N) is 1. The summed E-state index contributed by atoms with van der Waals surface area (Å²) in [6, 6.07) is 11.0. The Labute approximate surface area is 118 Å². The van der Waals surface area contributed by atoms with E-state index < -0.39 is 0 Å². The van der Waals surface area contributed by atoms with Crippen LogP contribution in [0.4, 0.5) is 0 Å². The zero-order chi connectivity index (χ0) is 13.2. The van der Waals surface area contributed by atoms with Crippen molar-refractivity contribution < 1.29 is 0 Å². The van der Waals surface area contributed by atoms with Crippen molar-refractivity contribution in [2.24, 2.45) is 0 Å². The van der Waals surface area contributed by atoms with Gasteiger partial charge in [0.15, 0.2) is 0 Å². The lowest BCUT2D eigenvalue weighted by Gasteiger charge is -2.07. The molecular weight excluding hydrogens is 252 g/mol. The van der Waals surface area contributed by atoms with Gasteiger partial charge in [-0.1, -0.05) is 44.2 Å². The van der Waals surface area contributed by atoms with Crippen molar-refractivity contribution in [3.63, 3.8) is 0 Å². The minimum absolute atomic E-state index is 0.523. The fourth-order valence-corrected chi connectivity index (χ4v) is 3.27. The molecule has 1 saturated carbocycles. The topological polar surface area (TPSA) is 24.9 Å². The molecule has 1 heterocycles. The molecular formula is C16H20N2S. The molecule has 1 aliphatic carbocycles. The average molecular weight is 272 g/mol. The fraction of sp³-hybridized carbons (Fsp3) is 0.438. The first-order valence-corrected chi connectivity index (χ1v) is 7.84. The van der Waals surface area contributed by atoms with E-state index in [1.165, 1.54) is 34.0 Å². The van der Waals surface area contributed by atoms with Gasteiger partial charge < -0.3 is 5.32 Å². The largest absolute Gasteiger partial charge is 0.310 e. The van der Waals surface area contributed by atoms with Crippen molar-refractivity contribution in [1.29, 1.82) is 0 Å². The van der Waals surface area contributed by atoms with E-state index in [4.69, 9.17) is 4.98 Å². The van der Waals surface area contributed by atoms with Crippen LogP contribution >= 0.6 is 11.3 Å². The molecule has 1 aromatic carbocycles. The molecule has 2 aromatic rings. The van der Waals surface area contributed by atoms with Gasteiger partial charge in [0.05, 0.1) is 5.69 Å². The Bertz CT molecular complexity index is 541. The van der Waals surface area contributed by atoms with E-state index in [0.29, 0.717) is 6.04 Å². The van der Waals surface area contributed by atoms with Crippen LogP contribution in [0.3, 0.4) is 0 Å². The number of nitrogens with zero attached hydrogens (tertiary/aromatic N) is 1. The molecule has 1 aromatic heterocycles. The van der Waals surface area contributed by atoms with Crippen LogP contribution in [-0.4, -0.2) is 11.0 Å². The molecule has 1 fully saturated rings. The molecule has 0 spiro atoms. The first-order chi connectivity index (χ1) is 9.24. The van der Waals surface area contributed by atoms with Gasteiger partial charge in [0.2, 0.25) is 0 Å². The second-order valence-electron chi connectivity index (χ2n) is 5.50. The molecule has 1 aliphatic rings. The van der Waals surface area contributed by atoms with Crippen molar-refractivity contribution >= 4 is 11.3 Å². The zero-order valence-corrected chi connectivity index (χ0v) is 12.3. The van der Waals surface area contributed by atoms with Gasteiger partial charge in [-0.25, -0.2) is 4.98 Å². The molecule has 2 nitrogen and oxygen atoms in total. The quantitative estimate of drug-likeness (QED) is 0.883. The number of thiazole rings is 1. The van der Waals surface area contributed by atoms with Gasteiger partial charge in [-0.3, -0.25) is 0 Å². The Hall–Kier alpha value is -1.19. The van der Waals surface area contributed by atoms with Crippen molar-refractivity contribution in [2.75, 3.05) is 0 Å². The van der Waals surface area contributed by atoms with E-state index in [1.54, 1.807) is 0 Å². The maximum Gasteiger partial charge on any atom is 0.123 e. The third-order valence-corrected chi connectivity index (χ3v) is 4.50. The van der Waals surface area contributed by atoms with Crippen molar-refractivity contribution in [1.82, 2.24) is 10.3 Å². The standard InChI is InChI=1S/C16H20N2S/c1-11(2)17-10-14-15(12-8-9-12)18-16(19-14)13-6-4-3-5-7-13/h3-7,11-12,17H,8-10H2,1-2H3. The smallest absolute Gasteiger partial charge is 0.123 e. The number of hydrogen-bond donors (Lipinski definition) is 1. The van der Waals surface area contributed by atoms with Gasteiger partial charge in [0.25, 0.3) is 0 Å². The van der Waals surface area contributed by atoms with Gasteiger partial charge in [0.1, 0.15) is 5.01 Å². The highest BCUT2D eigenvalue weighted by Gasteiger charge is 2.29. The zero-order valence-electron chi connectivity index (χ0n) is 11.5. The Morgan fingerprint density at radius 2 is 2.00 bits per heavy atom. The monoisotopic (exact) mass is 272 g/mol. The van der Waals surface area contributed by atoms with E-state index in [2.05, 4.69) is 49.5 Å². The molecule has 1 N–H and O–H groups in total. The summed E-state index contributed by atoms with van der Waals surface area (Å²) in [6.45, 7) is 5.33. The first kappa shape index (κ1) is 12.8. The lowest BCUT2D eigenvalue weighted by atomic mass is 10.2. The molecule has 0 saturated heterocycles. The fourth-order valence-electron chi connectivity index (χ4n) is 2.17. The van der Waals surface area contributed by atoms with Gasteiger partial charge in [-0.05, 0) is 12.8 Å². The van der Waals surface area contributed by atoms with Crippen LogP contribution in [0.2, 0.25) is 0 Å². The summed E-state index contributed by atoms with van der Waals surface area (Å²) in [5.41, 5.74) is 2.59. The van der Waals surface area contributed by atoms with Gasteiger partial charge in [0, 0.05) is 28.9 Å². The molecule has 100 valence electrons. The third-order valence-electron chi connectivity index (χ3n) is 3.38. The number of benzene rings is 1. The second-order valence-corrected chi connectivity index (χ2v) is 6.59. The van der Waals surface area contributed by atoms with Crippen LogP contribution in [0, 0.1) is 0 Å². The highest BCUT2D eigenvalue weighted by molar-refractivity contribution is 7.15.